The molecule has 1 aliphatic carbocycles. The van der Waals surface area contributed by atoms with Crippen molar-refractivity contribution < 1.29 is 4.42 Å². The molecule has 0 N–H and O–H groups in total. The van der Waals surface area contributed by atoms with Crippen LogP contribution in [-0.2, 0) is 5.41 Å². The van der Waals surface area contributed by atoms with E-state index in [0.29, 0.717) is 5.82 Å². The van der Waals surface area contributed by atoms with E-state index in [4.69, 9.17) is 14.4 Å². The van der Waals surface area contributed by atoms with Gasteiger partial charge in [0.15, 0.2) is 5.82 Å². The van der Waals surface area contributed by atoms with E-state index in [1.54, 1.807) is 0 Å². The highest BCUT2D eigenvalue weighted by molar-refractivity contribution is 6.11. The highest BCUT2D eigenvalue weighted by Crippen LogP contribution is 2.52. The van der Waals surface area contributed by atoms with E-state index in [1.165, 1.54) is 49.5 Å². The summed E-state index contributed by atoms with van der Waals surface area (Å²) in [5.74, 6) is 0.707. The zero-order valence-corrected chi connectivity index (χ0v) is 32.6. The van der Waals surface area contributed by atoms with Crippen LogP contribution in [0.4, 0.5) is 0 Å². The SMILES string of the molecule is CC1(C)c2cc(-c3ccc4c(c3)c3ccccc3n4-c3cccc(-c4cc(-c5ccccc5)nc(-c5ccccc5)n4)c3)ccc2-c2cc3c(cc21)oc1ccccc13. The summed E-state index contributed by atoms with van der Waals surface area (Å²) < 4.78 is 8.72. The maximum atomic E-state index is 6.34. The summed E-state index contributed by atoms with van der Waals surface area (Å²) in [5, 5.41) is 4.78. The van der Waals surface area contributed by atoms with E-state index >= 15 is 0 Å². The molecule has 59 heavy (non-hydrogen) atoms. The normalized spacial score (nSPS) is 13.1. The van der Waals surface area contributed by atoms with Crippen LogP contribution in [0.1, 0.15) is 25.0 Å². The molecule has 0 spiro atoms. The van der Waals surface area contributed by atoms with E-state index in [2.05, 4.69) is 176 Å². The second-order valence-electron chi connectivity index (χ2n) is 16.2. The Labute approximate surface area is 341 Å². The minimum atomic E-state index is -0.174. The number of furan rings is 1. The maximum Gasteiger partial charge on any atom is 0.160 e. The number of hydrogen-bond donors (Lipinski definition) is 0. The molecule has 11 aromatic rings. The van der Waals surface area contributed by atoms with Crippen molar-refractivity contribution in [3.05, 3.63) is 199 Å². The van der Waals surface area contributed by atoms with Crippen molar-refractivity contribution in [2.45, 2.75) is 19.3 Å². The predicted octanol–water partition coefficient (Wildman–Crippen LogP) is 14.4. The Balaban J connectivity index is 0.966. The van der Waals surface area contributed by atoms with E-state index in [-0.39, 0.29) is 5.41 Å². The predicted molar refractivity (Wildman–Crippen MR) is 243 cm³/mol. The molecule has 3 aromatic heterocycles. The lowest BCUT2D eigenvalue weighted by molar-refractivity contribution is 0.647. The number of nitrogens with zero attached hydrogens (tertiary/aromatic N) is 3. The molecule has 0 atom stereocenters. The van der Waals surface area contributed by atoms with Crippen LogP contribution >= 0.6 is 0 Å². The van der Waals surface area contributed by atoms with Gasteiger partial charge in [-0.2, -0.15) is 0 Å². The van der Waals surface area contributed by atoms with Gasteiger partial charge in [0.05, 0.1) is 22.4 Å². The Morgan fingerprint density at radius 2 is 1.05 bits per heavy atom. The third-order valence-electron chi connectivity index (χ3n) is 12.4. The fraction of sp³-hybridized carbons (Fsp3) is 0.0545. The Morgan fingerprint density at radius 1 is 0.407 bits per heavy atom. The molecule has 1 aliphatic rings. The molecule has 8 aromatic carbocycles. The van der Waals surface area contributed by atoms with Gasteiger partial charge in [-0.15, -0.1) is 0 Å². The molecule has 0 saturated carbocycles. The highest BCUT2D eigenvalue weighted by Gasteiger charge is 2.36. The molecule has 4 nitrogen and oxygen atoms in total. The summed E-state index contributed by atoms with van der Waals surface area (Å²) in [6.45, 7) is 4.68. The molecular weight excluding hydrogens is 719 g/mol. The van der Waals surface area contributed by atoms with Crippen LogP contribution in [0.2, 0.25) is 0 Å². The quantitative estimate of drug-likeness (QED) is 0.176. The molecule has 0 saturated heterocycles. The van der Waals surface area contributed by atoms with Gasteiger partial charge in [-0.1, -0.05) is 141 Å². The smallest absolute Gasteiger partial charge is 0.160 e. The van der Waals surface area contributed by atoms with Gasteiger partial charge in [-0.05, 0) is 94.0 Å². The first-order chi connectivity index (χ1) is 29.0. The molecule has 12 rings (SSSR count). The molecule has 0 radical (unpaired) electrons. The van der Waals surface area contributed by atoms with Gasteiger partial charge in [0, 0.05) is 49.3 Å². The highest BCUT2D eigenvalue weighted by atomic mass is 16.3. The largest absolute Gasteiger partial charge is 0.456 e. The monoisotopic (exact) mass is 755 g/mol. The third-order valence-corrected chi connectivity index (χ3v) is 12.4. The molecule has 0 amide bonds. The number of hydrogen-bond acceptors (Lipinski definition) is 3. The Morgan fingerprint density at radius 3 is 1.88 bits per heavy atom. The van der Waals surface area contributed by atoms with Crippen molar-refractivity contribution >= 4 is 43.7 Å². The second kappa shape index (κ2) is 12.7. The first-order valence-corrected chi connectivity index (χ1v) is 20.2. The molecular formula is C55H37N3O. The number of fused-ring (bicyclic) bond motifs is 9. The summed E-state index contributed by atoms with van der Waals surface area (Å²) in [6, 6.07) is 67.1. The van der Waals surface area contributed by atoms with Crippen LogP contribution in [0.5, 0.6) is 0 Å². The van der Waals surface area contributed by atoms with Gasteiger partial charge >= 0.3 is 0 Å². The zero-order chi connectivity index (χ0) is 39.2. The van der Waals surface area contributed by atoms with Gasteiger partial charge in [-0.25, -0.2) is 9.97 Å². The Kier molecular flexibility index (Phi) is 7.24. The summed E-state index contributed by atoms with van der Waals surface area (Å²) in [7, 11) is 0. The fourth-order valence-electron chi connectivity index (χ4n) is 9.44. The minimum Gasteiger partial charge on any atom is -0.456 e. The van der Waals surface area contributed by atoms with Crippen molar-refractivity contribution in [3.63, 3.8) is 0 Å². The van der Waals surface area contributed by atoms with Gasteiger partial charge in [0.25, 0.3) is 0 Å². The van der Waals surface area contributed by atoms with Crippen molar-refractivity contribution in [1.82, 2.24) is 14.5 Å². The van der Waals surface area contributed by atoms with Crippen LogP contribution in [-0.4, -0.2) is 14.5 Å². The Bertz CT molecular complexity index is 3410. The van der Waals surface area contributed by atoms with Gasteiger partial charge in [0.1, 0.15) is 11.2 Å². The lowest BCUT2D eigenvalue weighted by Gasteiger charge is -2.22. The van der Waals surface area contributed by atoms with E-state index in [0.717, 1.165) is 61.4 Å². The molecule has 278 valence electrons. The van der Waals surface area contributed by atoms with Crippen LogP contribution in [0.25, 0.3) is 106 Å². The van der Waals surface area contributed by atoms with Gasteiger partial charge in [0.2, 0.25) is 0 Å². The van der Waals surface area contributed by atoms with Crippen LogP contribution in [0.15, 0.2) is 192 Å². The minimum absolute atomic E-state index is 0.174. The number of rotatable bonds is 5. The van der Waals surface area contributed by atoms with Crippen LogP contribution in [0, 0.1) is 0 Å². The number of benzene rings is 8. The van der Waals surface area contributed by atoms with E-state index in [9.17, 15) is 0 Å². The molecule has 0 aliphatic heterocycles. The average Bonchev–Trinajstić information content (AvgIpc) is 3.90. The van der Waals surface area contributed by atoms with Crippen molar-refractivity contribution in [2.24, 2.45) is 0 Å². The summed E-state index contributed by atoms with van der Waals surface area (Å²) in [4.78, 5) is 10.2. The lowest BCUT2D eigenvalue weighted by Crippen LogP contribution is -2.15. The van der Waals surface area contributed by atoms with Crippen molar-refractivity contribution in [2.75, 3.05) is 0 Å². The summed E-state index contributed by atoms with van der Waals surface area (Å²) in [5.41, 5.74) is 17.6. The Hall–Kier alpha value is -7.56. The topological polar surface area (TPSA) is 43.9 Å². The third kappa shape index (κ3) is 5.23. The van der Waals surface area contributed by atoms with Crippen LogP contribution < -0.4 is 0 Å². The van der Waals surface area contributed by atoms with E-state index in [1.807, 2.05) is 30.3 Å². The molecule has 3 heterocycles. The number of aromatic nitrogens is 3. The van der Waals surface area contributed by atoms with E-state index < -0.39 is 0 Å². The fourth-order valence-corrected chi connectivity index (χ4v) is 9.44. The lowest BCUT2D eigenvalue weighted by atomic mass is 9.81. The molecule has 0 unspecified atom stereocenters. The average molecular weight is 756 g/mol. The molecule has 0 bridgehead atoms. The first kappa shape index (κ1) is 33.6. The standard InChI is InChI=1S/C55H37N3O/c1-55(2)46-30-37(24-26-40(46)43-31-45-42-21-10-12-23-52(42)59-53(45)32-47(43)55)36-25-27-51-44(29-36)41-20-9-11-22-50(41)58(51)39-19-13-18-38(28-39)49-33-48(34-14-5-3-6-15-34)56-54(57-49)35-16-7-4-8-17-35/h3-33H,1-2H3. The second-order valence-corrected chi connectivity index (χ2v) is 16.2. The number of para-hydroxylation sites is 2. The van der Waals surface area contributed by atoms with Crippen LogP contribution in [0.3, 0.4) is 0 Å². The maximum absolute atomic E-state index is 6.34. The summed E-state index contributed by atoms with van der Waals surface area (Å²) >= 11 is 0. The van der Waals surface area contributed by atoms with Gasteiger partial charge in [-0.3, -0.25) is 0 Å². The van der Waals surface area contributed by atoms with Crippen molar-refractivity contribution in [3.8, 4) is 61.8 Å². The van der Waals surface area contributed by atoms with Gasteiger partial charge < -0.3 is 8.98 Å². The zero-order valence-electron chi connectivity index (χ0n) is 32.6. The molecule has 0 fully saturated rings. The first-order valence-electron chi connectivity index (χ1n) is 20.2. The summed E-state index contributed by atoms with van der Waals surface area (Å²) in [6.07, 6.45) is 0. The molecule has 4 heteroatoms. The van der Waals surface area contributed by atoms with Crippen molar-refractivity contribution in [1.29, 1.82) is 0 Å².